The normalized spacial score (nSPS) is 10.3. The average Bonchev–Trinajstić information content (AvgIpc) is 3.17. The van der Waals surface area contributed by atoms with Gasteiger partial charge in [0.1, 0.15) is 12.3 Å². The number of hydrazine groups is 1. The molecular weight excluding hydrogens is 390 g/mol. The van der Waals surface area contributed by atoms with E-state index in [-0.39, 0.29) is 17.6 Å². The van der Waals surface area contributed by atoms with Gasteiger partial charge in [-0.25, -0.2) is 0 Å². The smallest absolute Gasteiger partial charge is 0.262 e. The van der Waals surface area contributed by atoms with E-state index in [0.717, 1.165) is 22.6 Å². The van der Waals surface area contributed by atoms with Gasteiger partial charge in [0.2, 0.25) is 5.82 Å². The van der Waals surface area contributed by atoms with Gasteiger partial charge < -0.3 is 10.1 Å². The van der Waals surface area contributed by atoms with Crippen LogP contribution in [0.1, 0.15) is 11.1 Å². The predicted molar refractivity (Wildman–Crippen MR) is 113 cm³/mol. The van der Waals surface area contributed by atoms with Gasteiger partial charge in [-0.05, 0) is 78.8 Å². The van der Waals surface area contributed by atoms with Crippen LogP contribution < -0.4 is 20.9 Å². The highest BCUT2D eigenvalue weighted by Crippen LogP contribution is 2.18. The van der Waals surface area contributed by atoms with Crippen molar-refractivity contribution in [2.75, 3.05) is 12.4 Å². The van der Waals surface area contributed by atoms with Gasteiger partial charge >= 0.3 is 0 Å². The number of hydrogen-bond acceptors (Lipinski definition) is 6. The fraction of sp³-hybridized carbons (Fsp3) is 0.211. The van der Waals surface area contributed by atoms with Crippen molar-refractivity contribution >= 4 is 28.9 Å². The van der Waals surface area contributed by atoms with E-state index in [1.807, 2.05) is 44.2 Å². The third-order valence-corrected chi connectivity index (χ3v) is 4.37. The number of amides is 1. The van der Waals surface area contributed by atoms with Gasteiger partial charge in [0.25, 0.3) is 5.91 Å². The van der Waals surface area contributed by atoms with Crippen LogP contribution in [-0.4, -0.2) is 38.3 Å². The highest BCUT2D eigenvalue weighted by Gasteiger charge is 2.10. The lowest BCUT2D eigenvalue weighted by Gasteiger charge is -2.12. The molecule has 3 aromatic rings. The molecule has 0 spiro atoms. The maximum Gasteiger partial charge on any atom is 0.262 e. The van der Waals surface area contributed by atoms with Crippen molar-refractivity contribution in [3.05, 3.63) is 53.6 Å². The van der Waals surface area contributed by atoms with Gasteiger partial charge in [0.15, 0.2) is 5.11 Å². The van der Waals surface area contributed by atoms with E-state index in [1.54, 1.807) is 19.2 Å². The lowest BCUT2D eigenvalue weighted by molar-refractivity contribution is -0.122. The summed E-state index contributed by atoms with van der Waals surface area (Å²) in [5.74, 6) is 0.783. The summed E-state index contributed by atoms with van der Waals surface area (Å²) in [5.41, 5.74) is 9.10. The SMILES string of the molecule is COc1ccc(-c2nnn(CC(=O)NNC(=S)Nc3ccc(C)c(C)c3)n2)cc1. The summed E-state index contributed by atoms with van der Waals surface area (Å²) in [7, 11) is 1.60. The van der Waals surface area contributed by atoms with Crippen molar-refractivity contribution in [2.24, 2.45) is 0 Å². The van der Waals surface area contributed by atoms with E-state index in [0.29, 0.717) is 5.82 Å². The molecule has 0 saturated heterocycles. The Morgan fingerprint density at radius 2 is 1.86 bits per heavy atom. The second kappa shape index (κ2) is 9.11. The Kier molecular flexibility index (Phi) is 6.35. The number of thiocarbonyl (C=S) groups is 1. The number of carbonyl (C=O) groups is 1. The molecule has 3 N–H and O–H groups in total. The number of rotatable bonds is 5. The first-order chi connectivity index (χ1) is 13.9. The standard InChI is InChI=1S/C19H21N7O2S/c1-12-4-7-15(10-13(12)2)20-19(29)23-21-17(27)11-26-24-18(22-25-26)14-5-8-16(28-3)9-6-14/h4-10H,11H2,1-3H3,(H,21,27)(H2,20,23,29). The molecule has 2 aromatic carbocycles. The monoisotopic (exact) mass is 411 g/mol. The van der Waals surface area contributed by atoms with Gasteiger partial charge in [-0.1, -0.05) is 6.07 Å². The van der Waals surface area contributed by atoms with Crippen molar-refractivity contribution < 1.29 is 9.53 Å². The number of nitrogens with one attached hydrogen (secondary N) is 3. The van der Waals surface area contributed by atoms with Gasteiger partial charge in [0.05, 0.1) is 7.11 Å². The number of carbonyl (C=O) groups excluding carboxylic acids is 1. The lowest BCUT2D eigenvalue weighted by atomic mass is 10.1. The van der Waals surface area contributed by atoms with E-state index in [2.05, 4.69) is 31.6 Å². The average molecular weight is 411 g/mol. The molecule has 1 aromatic heterocycles. The van der Waals surface area contributed by atoms with Crippen LogP contribution in [0.2, 0.25) is 0 Å². The first kappa shape index (κ1) is 20.2. The van der Waals surface area contributed by atoms with Crippen LogP contribution in [0.4, 0.5) is 5.69 Å². The van der Waals surface area contributed by atoms with Gasteiger partial charge in [0, 0.05) is 11.3 Å². The minimum atomic E-state index is -0.368. The van der Waals surface area contributed by atoms with Crippen molar-refractivity contribution in [1.29, 1.82) is 0 Å². The molecule has 3 rings (SSSR count). The van der Waals surface area contributed by atoms with Crippen LogP contribution in [0.25, 0.3) is 11.4 Å². The number of benzene rings is 2. The highest BCUT2D eigenvalue weighted by molar-refractivity contribution is 7.80. The number of anilines is 1. The Morgan fingerprint density at radius 3 is 2.55 bits per heavy atom. The zero-order valence-corrected chi connectivity index (χ0v) is 17.1. The molecule has 0 aliphatic heterocycles. The zero-order chi connectivity index (χ0) is 20.8. The van der Waals surface area contributed by atoms with E-state index in [4.69, 9.17) is 17.0 Å². The number of hydrogen-bond donors (Lipinski definition) is 3. The molecule has 29 heavy (non-hydrogen) atoms. The van der Waals surface area contributed by atoms with Crippen LogP contribution in [-0.2, 0) is 11.3 Å². The summed E-state index contributed by atoms with van der Waals surface area (Å²) in [5, 5.41) is 15.3. The van der Waals surface area contributed by atoms with Crippen LogP contribution in [0.5, 0.6) is 5.75 Å². The molecule has 1 amide bonds. The summed E-state index contributed by atoms with van der Waals surface area (Å²) in [6.07, 6.45) is 0. The molecule has 0 saturated carbocycles. The number of ether oxygens (including phenoxy) is 1. The van der Waals surface area contributed by atoms with E-state index >= 15 is 0 Å². The molecule has 0 aliphatic carbocycles. The minimum absolute atomic E-state index is 0.109. The summed E-state index contributed by atoms with van der Waals surface area (Å²) in [6, 6.07) is 13.1. The quantitative estimate of drug-likeness (QED) is 0.432. The van der Waals surface area contributed by atoms with Crippen LogP contribution in [0, 0.1) is 13.8 Å². The Morgan fingerprint density at radius 1 is 1.10 bits per heavy atom. The molecule has 0 bridgehead atoms. The number of aryl methyl sites for hydroxylation is 2. The largest absolute Gasteiger partial charge is 0.497 e. The highest BCUT2D eigenvalue weighted by atomic mass is 32.1. The Bertz CT molecular complexity index is 1020. The molecule has 0 radical (unpaired) electrons. The number of tetrazole rings is 1. The number of aromatic nitrogens is 4. The van der Waals surface area contributed by atoms with Gasteiger partial charge in [-0.15, -0.1) is 10.2 Å². The van der Waals surface area contributed by atoms with Crippen LogP contribution in [0.15, 0.2) is 42.5 Å². The van der Waals surface area contributed by atoms with Gasteiger partial charge in [-0.2, -0.15) is 4.80 Å². The van der Waals surface area contributed by atoms with Crippen molar-refractivity contribution in [1.82, 2.24) is 31.1 Å². The molecule has 0 unspecified atom stereocenters. The third-order valence-electron chi connectivity index (χ3n) is 4.17. The molecule has 9 nitrogen and oxygen atoms in total. The minimum Gasteiger partial charge on any atom is -0.497 e. The maximum absolute atomic E-state index is 12.1. The number of methoxy groups -OCH3 is 1. The topological polar surface area (TPSA) is 106 Å². The summed E-state index contributed by atoms with van der Waals surface area (Å²) in [6.45, 7) is 3.95. The second-order valence-corrected chi connectivity index (χ2v) is 6.71. The fourth-order valence-electron chi connectivity index (χ4n) is 2.44. The van der Waals surface area contributed by atoms with Crippen molar-refractivity contribution in [2.45, 2.75) is 20.4 Å². The lowest BCUT2D eigenvalue weighted by Crippen LogP contribution is -2.45. The van der Waals surface area contributed by atoms with Crippen molar-refractivity contribution in [3.63, 3.8) is 0 Å². The zero-order valence-electron chi connectivity index (χ0n) is 16.3. The van der Waals surface area contributed by atoms with E-state index in [1.165, 1.54) is 10.4 Å². The summed E-state index contributed by atoms with van der Waals surface area (Å²) in [4.78, 5) is 13.3. The first-order valence-electron chi connectivity index (χ1n) is 8.80. The maximum atomic E-state index is 12.1. The third kappa shape index (κ3) is 5.48. The Balaban J connectivity index is 1.49. The van der Waals surface area contributed by atoms with Crippen molar-refractivity contribution in [3.8, 4) is 17.1 Å². The molecule has 1 heterocycles. The first-order valence-corrected chi connectivity index (χ1v) is 9.21. The molecule has 10 heteroatoms. The molecule has 0 aliphatic rings. The number of nitrogens with zero attached hydrogens (tertiary/aromatic N) is 4. The Hall–Kier alpha value is -3.53. The van der Waals surface area contributed by atoms with Gasteiger partial charge in [-0.3, -0.25) is 15.6 Å². The molecular formula is C19H21N7O2S. The molecule has 150 valence electrons. The van der Waals surface area contributed by atoms with Crippen LogP contribution in [0.3, 0.4) is 0 Å². The Labute approximate surface area is 173 Å². The fourth-order valence-corrected chi connectivity index (χ4v) is 2.61. The second-order valence-electron chi connectivity index (χ2n) is 6.30. The predicted octanol–water partition coefficient (Wildman–Crippen LogP) is 1.98. The van der Waals surface area contributed by atoms with E-state index in [9.17, 15) is 4.79 Å². The summed E-state index contributed by atoms with van der Waals surface area (Å²) < 4.78 is 5.12. The van der Waals surface area contributed by atoms with E-state index < -0.39 is 0 Å². The molecule has 0 fully saturated rings. The van der Waals surface area contributed by atoms with Crippen LogP contribution >= 0.6 is 12.2 Å². The molecule has 0 atom stereocenters. The summed E-state index contributed by atoms with van der Waals surface area (Å²) >= 11 is 5.19.